The van der Waals surface area contributed by atoms with Gasteiger partial charge < -0.3 is 15.0 Å². The minimum Gasteiger partial charge on any atom is -0.497 e. The molecule has 0 fully saturated rings. The highest BCUT2D eigenvalue weighted by Gasteiger charge is 2.26. The number of nitrogens with zero attached hydrogens (tertiary/aromatic N) is 1. The fourth-order valence-electron chi connectivity index (χ4n) is 2.85. The van der Waals surface area contributed by atoms with E-state index in [1.54, 1.807) is 18.9 Å². The highest BCUT2D eigenvalue weighted by molar-refractivity contribution is 5.88. The van der Waals surface area contributed by atoms with Crippen molar-refractivity contribution in [3.63, 3.8) is 0 Å². The standard InChI is InChI=1S/C23H30N2O3/c1-5-17(2)24-23(27)18(3)25(16-20-11-13-21(28-4)14-12-20)22(26)15-19-9-7-6-8-10-19/h6-14,17-18H,5,15-16H2,1-4H3,(H,24,27)/t17-,18-/m1/s1. The zero-order valence-corrected chi connectivity index (χ0v) is 17.1. The molecule has 2 amide bonds. The molecule has 0 spiro atoms. The van der Waals surface area contributed by atoms with Crippen molar-refractivity contribution < 1.29 is 14.3 Å². The number of hydrogen-bond acceptors (Lipinski definition) is 3. The maximum absolute atomic E-state index is 13.1. The summed E-state index contributed by atoms with van der Waals surface area (Å²) in [5.74, 6) is 0.548. The zero-order valence-electron chi connectivity index (χ0n) is 17.1. The molecule has 0 aliphatic rings. The van der Waals surface area contributed by atoms with Gasteiger partial charge in [-0.05, 0) is 43.5 Å². The molecule has 0 saturated heterocycles. The summed E-state index contributed by atoms with van der Waals surface area (Å²) in [7, 11) is 1.62. The topological polar surface area (TPSA) is 58.6 Å². The van der Waals surface area contributed by atoms with Crippen molar-refractivity contribution in [2.45, 2.75) is 52.2 Å². The molecule has 0 radical (unpaired) electrons. The van der Waals surface area contributed by atoms with Crippen LogP contribution in [0.3, 0.4) is 0 Å². The summed E-state index contributed by atoms with van der Waals surface area (Å²) in [5, 5.41) is 2.98. The minimum atomic E-state index is -0.563. The number of hydrogen-bond donors (Lipinski definition) is 1. The quantitative estimate of drug-likeness (QED) is 0.721. The maximum Gasteiger partial charge on any atom is 0.242 e. The molecule has 28 heavy (non-hydrogen) atoms. The maximum atomic E-state index is 13.1. The van der Waals surface area contributed by atoms with Gasteiger partial charge in [-0.25, -0.2) is 0 Å². The lowest BCUT2D eigenvalue weighted by Gasteiger charge is -2.30. The highest BCUT2D eigenvalue weighted by atomic mass is 16.5. The molecular formula is C23H30N2O3. The molecule has 0 unspecified atom stereocenters. The number of nitrogens with one attached hydrogen (secondary N) is 1. The third-order valence-corrected chi connectivity index (χ3v) is 4.88. The molecule has 1 N–H and O–H groups in total. The summed E-state index contributed by atoms with van der Waals surface area (Å²) < 4.78 is 5.20. The van der Waals surface area contributed by atoms with Crippen LogP contribution in [0.25, 0.3) is 0 Å². The third-order valence-electron chi connectivity index (χ3n) is 4.88. The third kappa shape index (κ3) is 6.12. The molecule has 0 aliphatic heterocycles. The van der Waals surface area contributed by atoms with Crippen LogP contribution >= 0.6 is 0 Å². The molecule has 5 heteroatoms. The van der Waals surface area contributed by atoms with E-state index in [0.717, 1.165) is 23.3 Å². The van der Waals surface area contributed by atoms with E-state index in [0.29, 0.717) is 6.54 Å². The normalized spacial score (nSPS) is 12.7. The summed E-state index contributed by atoms with van der Waals surface area (Å²) in [5.41, 5.74) is 1.88. The number of amides is 2. The Bertz CT molecular complexity index is 759. The van der Waals surface area contributed by atoms with Crippen LogP contribution in [0, 0.1) is 0 Å². The molecule has 2 rings (SSSR count). The van der Waals surface area contributed by atoms with Crippen LogP contribution in [-0.4, -0.2) is 35.9 Å². The lowest BCUT2D eigenvalue weighted by atomic mass is 10.1. The monoisotopic (exact) mass is 382 g/mol. The number of rotatable bonds is 9. The Labute approximate surface area is 167 Å². The summed E-state index contributed by atoms with van der Waals surface area (Å²) in [6.07, 6.45) is 1.10. The van der Waals surface area contributed by atoms with Crippen LogP contribution in [0.15, 0.2) is 54.6 Å². The van der Waals surface area contributed by atoms with Crippen molar-refractivity contribution in [1.82, 2.24) is 10.2 Å². The van der Waals surface area contributed by atoms with Crippen molar-refractivity contribution in [3.05, 3.63) is 65.7 Å². The van der Waals surface area contributed by atoms with Gasteiger partial charge in [0, 0.05) is 12.6 Å². The molecule has 2 aromatic rings. The SMILES string of the molecule is CC[C@@H](C)NC(=O)[C@@H](C)N(Cc1ccc(OC)cc1)C(=O)Cc1ccccc1. The minimum absolute atomic E-state index is 0.0713. The first kappa shape index (κ1) is 21.5. The Morgan fingerprint density at radius 2 is 1.64 bits per heavy atom. The summed E-state index contributed by atoms with van der Waals surface area (Å²) in [6, 6.07) is 16.7. The summed E-state index contributed by atoms with van der Waals surface area (Å²) in [6.45, 7) is 6.13. The van der Waals surface area contributed by atoms with Crippen LogP contribution in [0.1, 0.15) is 38.3 Å². The van der Waals surface area contributed by atoms with Crippen molar-refractivity contribution in [2.75, 3.05) is 7.11 Å². The van der Waals surface area contributed by atoms with Gasteiger partial charge in [-0.3, -0.25) is 9.59 Å². The van der Waals surface area contributed by atoms with Crippen molar-refractivity contribution in [3.8, 4) is 5.75 Å². The Hall–Kier alpha value is -2.82. The van der Waals surface area contributed by atoms with Gasteiger partial charge >= 0.3 is 0 Å². The first-order valence-corrected chi connectivity index (χ1v) is 9.71. The van der Waals surface area contributed by atoms with Gasteiger partial charge in [-0.15, -0.1) is 0 Å². The Balaban J connectivity index is 2.20. The van der Waals surface area contributed by atoms with Crippen LogP contribution in [0.4, 0.5) is 0 Å². The number of methoxy groups -OCH3 is 1. The number of benzene rings is 2. The second kappa shape index (κ2) is 10.5. The predicted molar refractivity (Wildman–Crippen MR) is 111 cm³/mol. The number of carbonyl (C=O) groups excluding carboxylic acids is 2. The van der Waals surface area contributed by atoms with Gasteiger partial charge in [0.25, 0.3) is 0 Å². The van der Waals surface area contributed by atoms with E-state index < -0.39 is 6.04 Å². The molecule has 150 valence electrons. The second-order valence-corrected chi connectivity index (χ2v) is 7.03. The van der Waals surface area contributed by atoms with Crippen LogP contribution in [0.2, 0.25) is 0 Å². The van der Waals surface area contributed by atoms with E-state index in [4.69, 9.17) is 4.74 Å². The summed E-state index contributed by atoms with van der Waals surface area (Å²) in [4.78, 5) is 27.4. The van der Waals surface area contributed by atoms with Gasteiger partial charge in [-0.2, -0.15) is 0 Å². The van der Waals surface area contributed by atoms with Crippen molar-refractivity contribution in [1.29, 1.82) is 0 Å². The Morgan fingerprint density at radius 1 is 1.00 bits per heavy atom. The number of ether oxygens (including phenoxy) is 1. The summed E-state index contributed by atoms with van der Waals surface area (Å²) >= 11 is 0. The second-order valence-electron chi connectivity index (χ2n) is 7.03. The van der Waals surface area contributed by atoms with E-state index in [-0.39, 0.29) is 24.3 Å². The lowest BCUT2D eigenvalue weighted by molar-refractivity contribution is -0.140. The molecular weight excluding hydrogens is 352 g/mol. The van der Waals surface area contributed by atoms with Gasteiger partial charge in [0.1, 0.15) is 11.8 Å². The Morgan fingerprint density at radius 3 is 2.21 bits per heavy atom. The van der Waals surface area contributed by atoms with E-state index >= 15 is 0 Å². The van der Waals surface area contributed by atoms with Gasteiger partial charge in [-0.1, -0.05) is 49.4 Å². The average Bonchev–Trinajstić information content (AvgIpc) is 2.72. The molecule has 2 aromatic carbocycles. The Kier molecular flexibility index (Phi) is 8.05. The van der Waals surface area contributed by atoms with E-state index in [1.807, 2.05) is 68.4 Å². The van der Waals surface area contributed by atoms with Crippen LogP contribution in [-0.2, 0) is 22.6 Å². The smallest absolute Gasteiger partial charge is 0.242 e. The average molecular weight is 383 g/mol. The van der Waals surface area contributed by atoms with Gasteiger partial charge in [0.2, 0.25) is 11.8 Å². The fraction of sp³-hybridized carbons (Fsp3) is 0.391. The highest BCUT2D eigenvalue weighted by Crippen LogP contribution is 2.16. The van der Waals surface area contributed by atoms with E-state index in [9.17, 15) is 9.59 Å². The first-order valence-electron chi connectivity index (χ1n) is 9.71. The predicted octanol–water partition coefficient (Wildman–Crippen LogP) is 3.57. The largest absolute Gasteiger partial charge is 0.497 e. The van der Waals surface area contributed by atoms with Crippen LogP contribution in [0.5, 0.6) is 5.75 Å². The lowest BCUT2D eigenvalue weighted by Crippen LogP contribution is -2.49. The van der Waals surface area contributed by atoms with E-state index in [2.05, 4.69) is 5.32 Å². The van der Waals surface area contributed by atoms with E-state index in [1.165, 1.54) is 0 Å². The van der Waals surface area contributed by atoms with Crippen molar-refractivity contribution >= 4 is 11.8 Å². The van der Waals surface area contributed by atoms with Crippen molar-refractivity contribution in [2.24, 2.45) is 0 Å². The molecule has 0 heterocycles. The molecule has 0 bridgehead atoms. The molecule has 0 aliphatic carbocycles. The van der Waals surface area contributed by atoms with Gasteiger partial charge in [0.15, 0.2) is 0 Å². The first-order chi connectivity index (χ1) is 13.4. The molecule has 0 aromatic heterocycles. The van der Waals surface area contributed by atoms with Gasteiger partial charge in [0.05, 0.1) is 13.5 Å². The molecule has 0 saturated carbocycles. The zero-order chi connectivity index (χ0) is 20.5. The number of carbonyl (C=O) groups is 2. The molecule has 2 atom stereocenters. The molecule has 5 nitrogen and oxygen atoms in total. The fourth-order valence-corrected chi connectivity index (χ4v) is 2.85. The van der Waals surface area contributed by atoms with Crippen LogP contribution < -0.4 is 10.1 Å².